The Morgan fingerprint density at radius 2 is 1.96 bits per heavy atom. The molecular weight excluding hydrogens is 529 g/mol. The first-order valence-electron chi connectivity index (χ1n) is 8.57. The molecule has 8 heteroatoms. The van der Waals surface area contributed by atoms with Gasteiger partial charge in [0.25, 0.3) is 5.91 Å². The number of hydrogen-bond donors (Lipinski definition) is 0. The maximum absolute atomic E-state index is 12.9. The Bertz CT molecular complexity index is 964. The zero-order valence-corrected chi connectivity index (χ0v) is 19.7. The van der Waals surface area contributed by atoms with Crippen LogP contribution in [0.3, 0.4) is 0 Å². The van der Waals surface area contributed by atoms with E-state index < -0.39 is 0 Å². The number of halogens is 2. The van der Waals surface area contributed by atoms with E-state index in [-0.39, 0.29) is 5.91 Å². The minimum absolute atomic E-state index is 0.167. The highest BCUT2D eigenvalue weighted by atomic mass is 127. The van der Waals surface area contributed by atoms with Gasteiger partial charge in [-0.3, -0.25) is 9.69 Å². The van der Waals surface area contributed by atoms with Crippen molar-refractivity contribution in [3.63, 3.8) is 0 Å². The van der Waals surface area contributed by atoms with E-state index in [0.29, 0.717) is 44.6 Å². The number of carbonyl (C=O) groups is 1. The summed E-state index contributed by atoms with van der Waals surface area (Å²) >= 11 is 15.0. The third-order valence-electron chi connectivity index (χ3n) is 3.78. The number of carbonyl (C=O) groups excluding carboxylic acids is 1. The van der Waals surface area contributed by atoms with Crippen molar-refractivity contribution in [1.29, 1.82) is 0 Å². The number of ether oxygens (including phenoxy) is 2. The molecule has 0 aliphatic carbocycles. The highest BCUT2D eigenvalue weighted by molar-refractivity contribution is 14.1. The van der Waals surface area contributed by atoms with Crippen LogP contribution in [-0.2, 0) is 4.79 Å². The number of benzene rings is 2. The predicted octanol–water partition coefficient (Wildman–Crippen LogP) is 6.15. The minimum atomic E-state index is -0.167. The number of amides is 1. The SMILES string of the molecule is CCOc1cc(/C=C2\SC(=S)N(c3cccc(Cl)c3)C2=O)cc(I)c1OCC. The van der Waals surface area contributed by atoms with Crippen molar-refractivity contribution in [2.24, 2.45) is 0 Å². The smallest absolute Gasteiger partial charge is 0.270 e. The third kappa shape index (κ3) is 4.64. The van der Waals surface area contributed by atoms with Crippen molar-refractivity contribution >= 4 is 80.2 Å². The van der Waals surface area contributed by atoms with Gasteiger partial charge >= 0.3 is 0 Å². The minimum Gasteiger partial charge on any atom is -0.490 e. The van der Waals surface area contributed by atoms with Crippen molar-refractivity contribution in [2.75, 3.05) is 18.1 Å². The third-order valence-corrected chi connectivity index (χ3v) is 6.12. The van der Waals surface area contributed by atoms with Gasteiger partial charge in [-0.15, -0.1) is 0 Å². The van der Waals surface area contributed by atoms with Gasteiger partial charge in [-0.2, -0.15) is 0 Å². The lowest BCUT2D eigenvalue weighted by molar-refractivity contribution is -0.113. The fraction of sp³-hybridized carbons (Fsp3) is 0.200. The number of anilines is 1. The van der Waals surface area contributed by atoms with Gasteiger partial charge in [0.15, 0.2) is 15.8 Å². The molecule has 146 valence electrons. The molecule has 0 spiro atoms. The average molecular weight is 546 g/mol. The number of nitrogens with zero attached hydrogens (tertiary/aromatic N) is 1. The van der Waals surface area contributed by atoms with Crippen molar-refractivity contribution in [1.82, 2.24) is 0 Å². The Morgan fingerprint density at radius 3 is 2.64 bits per heavy atom. The van der Waals surface area contributed by atoms with E-state index in [1.165, 1.54) is 16.7 Å². The molecule has 28 heavy (non-hydrogen) atoms. The van der Waals surface area contributed by atoms with Gasteiger partial charge in [0.05, 0.1) is 27.4 Å². The second kappa shape index (κ2) is 9.47. The summed E-state index contributed by atoms with van der Waals surface area (Å²) < 4.78 is 12.8. The van der Waals surface area contributed by atoms with E-state index in [1.807, 2.05) is 38.1 Å². The summed E-state index contributed by atoms with van der Waals surface area (Å²) in [6.07, 6.45) is 1.82. The summed E-state index contributed by atoms with van der Waals surface area (Å²) in [6.45, 7) is 4.93. The van der Waals surface area contributed by atoms with Crippen LogP contribution in [0.4, 0.5) is 5.69 Å². The maximum Gasteiger partial charge on any atom is 0.270 e. The second-order valence-corrected chi connectivity index (χ2v) is 8.97. The molecule has 2 aromatic rings. The Labute approximate surface area is 192 Å². The van der Waals surface area contributed by atoms with Crippen molar-refractivity contribution in [3.05, 3.63) is 55.5 Å². The van der Waals surface area contributed by atoms with Gasteiger partial charge in [-0.05, 0) is 78.4 Å². The summed E-state index contributed by atoms with van der Waals surface area (Å²) in [5.41, 5.74) is 1.51. The zero-order valence-electron chi connectivity index (χ0n) is 15.2. The van der Waals surface area contributed by atoms with E-state index in [4.69, 9.17) is 33.3 Å². The first-order valence-corrected chi connectivity index (χ1v) is 11.2. The Kier molecular flexibility index (Phi) is 7.25. The lowest BCUT2D eigenvalue weighted by Crippen LogP contribution is -2.27. The molecule has 0 atom stereocenters. The van der Waals surface area contributed by atoms with Crippen LogP contribution in [0, 0.1) is 3.57 Å². The van der Waals surface area contributed by atoms with Crippen LogP contribution in [0.5, 0.6) is 11.5 Å². The summed E-state index contributed by atoms with van der Waals surface area (Å²) in [7, 11) is 0. The molecule has 1 fully saturated rings. The maximum atomic E-state index is 12.9. The number of rotatable bonds is 6. The Morgan fingerprint density at radius 1 is 1.21 bits per heavy atom. The molecule has 1 saturated heterocycles. The fourth-order valence-corrected chi connectivity index (χ4v) is 4.94. The molecule has 0 bridgehead atoms. The molecule has 1 aliphatic rings. The monoisotopic (exact) mass is 545 g/mol. The van der Waals surface area contributed by atoms with E-state index in [0.717, 1.165) is 9.13 Å². The average Bonchev–Trinajstić information content (AvgIpc) is 2.91. The van der Waals surface area contributed by atoms with Gasteiger partial charge in [0.1, 0.15) is 0 Å². The van der Waals surface area contributed by atoms with Crippen LogP contribution in [0.2, 0.25) is 5.02 Å². The molecule has 0 unspecified atom stereocenters. The number of thioether (sulfide) groups is 1. The Balaban J connectivity index is 1.95. The summed E-state index contributed by atoms with van der Waals surface area (Å²) in [6, 6.07) is 10.9. The van der Waals surface area contributed by atoms with Gasteiger partial charge in [0, 0.05) is 5.02 Å². The molecular formula is C20H17ClINO3S2. The standard InChI is InChI=1S/C20H17ClINO3S2/c1-3-25-16-9-12(8-15(22)18(16)26-4-2)10-17-19(24)23(20(27)28-17)14-7-5-6-13(21)11-14/h5-11H,3-4H2,1-2H3/b17-10-. The van der Waals surface area contributed by atoms with E-state index in [2.05, 4.69) is 22.6 Å². The first kappa shape index (κ1) is 21.4. The number of hydrogen-bond acceptors (Lipinski definition) is 5. The van der Waals surface area contributed by atoms with Crippen LogP contribution >= 0.6 is 58.2 Å². The normalized spacial score (nSPS) is 15.4. The topological polar surface area (TPSA) is 38.8 Å². The van der Waals surface area contributed by atoms with Gasteiger partial charge in [-0.25, -0.2) is 0 Å². The molecule has 0 saturated carbocycles. The van der Waals surface area contributed by atoms with E-state index >= 15 is 0 Å². The molecule has 4 nitrogen and oxygen atoms in total. The highest BCUT2D eigenvalue weighted by Gasteiger charge is 2.33. The van der Waals surface area contributed by atoms with Crippen LogP contribution in [0.1, 0.15) is 19.4 Å². The van der Waals surface area contributed by atoms with Gasteiger partial charge < -0.3 is 9.47 Å². The summed E-state index contributed by atoms with van der Waals surface area (Å²) in [5, 5.41) is 0.554. The molecule has 0 aromatic heterocycles. The van der Waals surface area contributed by atoms with Gasteiger partial charge in [-0.1, -0.05) is 41.6 Å². The molecule has 1 amide bonds. The van der Waals surface area contributed by atoms with E-state index in [9.17, 15) is 4.79 Å². The van der Waals surface area contributed by atoms with Crippen molar-refractivity contribution < 1.29 is 14.3 Å². The molecule has 2 aromatic carbocycles. The van der Waals surface area contributed by atoms with Crippen LogP contribution in [0.25, 0.3) is 6.08 Å². The van der Waals surface area contributed by atoms with Crippen LogP contribution in [0.15, 0.2) is 41.3 Å². The van der Waals surface area contributed by atoms with Gasteiger partial charge in [0.2, 0.25) is 0 Å². The lowest BCUT2D eigenvalue weighted by atomic mass is 10.1. The molecule has 1 aliphatic heterocycles. The lowest BCUT2D eigenvalue weighted by Gasteiger charge is -2.14. The predicted molar refractivity (Wildman–Crippen MR) is 129 cm³/mol. The second-order valence-electron chi connectivity index (χ2n) is 5.69. The quantitative estimate of drug-likeness (QED) is 0.247. The van der Waals surface area contributed by atoms with E-state index in [1.54, 1.807) is 18.2 Å². The fourth-order valence-electron chi connectivity index (χ4n) is 2.68. The zero-order chi connectivity index (χ0) is 20.3. The highest BCUT2D eigenvalue weighted by Crippen LogP contribution is 2.39. The largest absolute Gasteiger partial charge is 0.490 e. The summed E-state index contributed by atoms with van der Waals surface area (Å²) in [5.74, 6) is 1.21. The molecule has 1 heterocycles. The Hall–Kier alpha value is -1.29. The molecule has 3 rings (SSSR count). The van der Waals surface area contributed by atoms with Crippen molar-refractivity contribution in [2.45, 2.75) is 13.8 Å². The van der Waals surface area contributed by atoms with Crippen LogP contribution in [-0.4, -0.2) is 23.4 Å². The van der Waals surface area contributed by atoms with Crippen molar-refractivity contribution in [3.8, 4) is 11.5 Å². The number of thiocarbonyl (C=S) groups is 1. The molecule has 0 N–H and O–H groups in total. The molecule has 0 radical (unpaired) electrons. The van der Waals surface area contributed by atoms with Crippen LogP contribution < -0.4 is 14.4 Å². The first-order chi connectivity index (χ1) is 13.4. The summed E-state index contributed by atoms with van der Waals surface area (Å²) in [4.78, 5) is 15.0.